The lowest BCUT2D eigenvalue weighted by Gasteiger charge is -2.13. The topological polar surface area (TPSA) is 44.0 Å². The van der Waals surface area contributed by atoms with Gasteiger partial charge in [0.15, 0.2) is 0 Å². The first kappa shape index (κ1) is 18.7. The van der Waals surface area contributed by atoms with Crippen molar-refractivity contribution in [3.63, 3.8) is 0 Å². The summed E-state index contributed by atoms with van der Waals surface area (Å²) in [4.78, 5) is 0.594. The maximum absolute atomic E-state index is 13.4. The van der Waals surface area contributed by atoms with Crippen LogP contribution in [0, 0.1) is 18.3 Å². The Kier molecular flexibility index (Phi) is 5.94. The maximum atomic E-state index is 13.4. The molecule has 0 aliphatic rings. The van der Waals surface area contributed by atoms with Gasteiger partial charge in [0.25, 0.3) is 0 Å². The predicted molar refractivity (Wildman–Crippen MR) is 92.8 cm³/mol. The second-order valence-electron chi connectivity index (χ2n) is 5.16. The van der Waals surface area contributed by atoms with E-state index in [1.54, 1.807) is 42.5 Å². The van der Waals surface area contributed by atoms with Crippen LogP contribution in [0.3, 0.4) is 0 Å². The van der Waals surface area contributed by atoms with E-state index in [2.05, 4.69) is 0 Å². The number of aryl methyl sites for hydroxylation is 1. The van der Waals surface area contributed by atoms with Gasteiger partial charge in [-0.25, -0.2) is 0 Å². The van der Waals surface area contributed by atoms with Gasteiger partial charge in [-0.3, -0.25) is 0 Å². The molecule has 0 heterocycles. The van der Waals surface area contributed by atoms with Crippen molar-refractivity contribution in [3.8, 4) is 6.07 Å². The summed E-state index contributed by atoms with van der Waals surface area (Å²) in [6.07, 6.45) is -4.77. The minimum absolute atomic E-state index is 0.155. The van der Waals surface area contributed by atoms with Crippen molar-refractivity contribution in [2.75, 3.05) is 0 Å². The molecule has 0 aliphatic carbocycles. The van der Waals surface area contributed by atoms with E-state index in [9.17, 15) is 23.5 Å². The van der Waals surface area contributed by atoms with Crippen molar-refractivity contribution < 1.29 is 18.3 Å². The van der Waals surface area contributed by atoms with E-state index in [1.165, 1.54) is 18.2 Å². The molecule has 0 radical (unpaired) electrons. The fourth-order valence-electron chi connectivity index (χ4n) is 1.99. The number of nitrogens with zero attached hydrogens (tertiary/aromatic N) is 1. The van der Waals surface area contributed by atoms with Crippen LogP contribution in [0.1, 0.15) is 11.1 Å². The number of rotatable bonds is 4. The molecular formula is C19H14F3NOS. The molecule has 6 heteroatoms. The number of thioether (sulfide) groups is 1. The summed E-state index contributed by atoms with van der Waals surface area (Å²) in [5.74, 6) is -0.695. The Balaban J connectivity index is 2.49. The predicted octanol–water partition coefficient (Wildman–Crippen LogP) is 6.03. The smallest absolute Gasteiger partial charge is 0.418 e. The number of aliphatic hydroxyl groups excluding tert-OH is 1. The standard InChI is InChI=1S/C19H14F3NOS/c1-13-7-9-14(10-8-13)18(24)16(11-23)17(19(20,21)22)12-25-15-5-3-2-4-6-15/h2-10,12,24H,1H3/b17-12+,18-16-. The van der Waals surface area contributed by atoms with Crippen LogP contribution in [-0.4, -0.2) is 11.3 Å². The van der Waals surface area contributed by atoms with Crippen molar-refractivity contribution in [1.82, 2.24) is 0 Å². The van der Waals surface area contributed by atoms with Gasteiger partial charge in [-0.15, -0.1) is 0 Å². The number of aliphatic hydroxyl groups is 1. The van der Waals surface area contributed by atoms with E-state index < -0.39 is 23.1 Å². The lowest BCUT2D eigenvalue weighted by molar-refractivity contribution is -0.0887. The molecular weight excluding hydrogens is 347 g/mol. The van der Waals surface area contributed by atoms with E-state index in [0.717, 1.165) is 22.7 Å². The third kappa shape index (κ3) is 4.91. The Labute approximate surface area is 147 Å². The zero-order valence-corrected chi connectivity index (χ0v) is 14.0. The minimum atomic E-state index is -4.77. The van der Waals surface area contributed by atoms with Crippen molar-refractivity contribution in [2.45, 2.75) is 18.0 Å². The average Bonchev–Trinajstić information content (AvgIpc) is 2.58. The molecule has 128 valence electrons. The number of allylic oxidation sites excluding steroid dienone is 2. The highest BCUT2D eigenvalue weighted by Gasteiger charge is 2.38. The fourth-order valence-corrected chi connectivity index (χ4v) is 2.81. The second kappa shape index (κ2) is 7.95. The maximum Gasteiger partial charge on any atom is 0.418 e. The molecule has 2 nitrogen and oxygen atoms in total. The molecule has 0 aromatic heterocycles. The van der Waals surface area contributed by atoms with Gasteiger partial charge >= 0.3 is 6.18 Å². The van der Waals surface area contributed by atoms with Gasteiger partial charge in [0, 0.05) is 10.5 Å². The SMILES string of the molecule is Cc1ccc(/C(O)=C(C#N)/C(=C\Sc2ccccc2)C(F)(F)F)cc1. The Bertz CT molecular complexity index is 832. The number of benzene rings is 2. The molecule has 0 bridgehead atoms. The van der Waals surface area contributed by atoms with Gasteiger partial charge in [0.2, 0.25) is 0 Å². The van der Waals surface area contributed by atoms with Gasteiger partial charge in [-0.2, -0.15) is 18.4 Å². The molecule has 25 heavy (non-hydrogen) atoms. The summed E-state index contributed by atoms with van der Waals surface area (Å²) in [5.41, 5.74) is -0.940. The Morgan fingerprint density at radius 1 is 1.08 bits per heavy atom. The van der Waals surface area contributed by atoms with Crippen molar-refractivity contribution in [2.24, 2.45) is 0 Å². The van der Waals surface area contributed by atoms with E-state index in [4.69, 9.17) is 0 Å². The summed E-state index contributed by atoms with van der Waals surface area (Å²) in [6, 6.07) is 16.2. The normalized spacial score (nSPS) is 13.2. The van der Waals surface area contributed by atoms with E-state index in [0.29, 0.717) is 4.90 Å². The molecule has 2 aromatic rings. The van der Waals surface area contributed by atoms with Crippen LogP contribution < -0.4 is 0 Å². The van der Waals surface area contributed by atoms with E-state index >= 15 is 0 Å². The first-order valence-corrected chi connectivity index (χ1v) is 8.10. The molecule has 2 aromatic carbocycles. The molecule has 0 atom stereocenters. The molecule has 0 aliphatic heterocycles. The Morgan fingerprint density at radius 2 is 1.68 bits per heavy atom. The van der Waals surface area contributed by atoms with Crippen LogP contribution in [0.5, 0.6) is 0 Å². The van der Waals surface area contributed by atoms with Gasteiger partial charge < -0.3 is 5.11 Å². The summed E-state index contributed by atoms with van der Waals surface area (Å²) >= 11 is 0.836. The highest BCUT2D eigenvalue weighted by atomic mass is 32.2. The monoisotopic (exact) mass is 361 g/mol. The summed E-state index contributed by atoms with van der Waals surface area (Å²) < 4.78 is 40.3. The molecule has 0 spiro atoms. The molecule has 1 N–H and O–H groups in total. The molecule has 0 saturated carbocycles. The fraction of sp³-hybridized carbons (Fsp3) is 0.105. The zero-order valence-electron chi connectivity index (χ0n) is 13.2. The van der Waals surface area contributed by atoms with Gasteiger partial charge in [0.05, 0.1) is 5.57 Å². The number of nitriles is 1. The van der Waals surface area contributed by atoms with Crippen LogP contribution in [-0.2, 0) is 0 Å². The molecule has 0 unspecified atom stereocenters. The number of hydrogen-bond donors (Lipinski definition) is 1. The van der Waals surface area contributed by atoms with E-state index in [1.807, 2.05) is 6.92 Å². The lowest BCUT2D eigenvalue weighted by Crippen LogP contribution is -2.14. The highest BCUT2D eigenvalue weighted by Crippen LogP contribution is 2.37. The van der Waals surface area contributed by atoms with Gasteiger partial charge in [-0.05, 0) is 24.5 Å². The molecule has 2 rings (SSSR count). The number of halogens is 3. The number of alkyl halides is 3. The molecule has 0 saturated heterocycles. The van der Waals surface area contributed by atoms with Crippen LogP contribution in [0.4, 0.5) is 13.2 Å². The largest absolute Gasteiger partial charge is 0.506 e. The van der Waals surface area contributed by atoms with Crippen LogP contribution >= 0.6 is 11.8 Å². The van der Waals surface area contributed by atoms with Gasteiger partial charge in [-0.1, -0.05) is 59.8 Å². The quantitative estimate of drug-likeness (QED) is 0.313. The van der Waals surface area contributed by atoms with Crippen LogP contribution in [0.15, 0.2) is 76.0 Å². The van der Waals surface area contributed by atoms with Crippen molar-refractivity contribution in [1.29, 1.82) is 5.26 Å². The third-order valence-corrected chi connectivity index (χ3v) is 4.20. The zero-order chi connectivity index (χ0) is 18.4. The van der Waals surface area contributed by atoms with Crippen LogP contribution in [0.2, 0.25) is 0 Å². The molecule has 0 fully saturated rings. The summed E-state index contributed by atoms with van der Waals surface area (Å²) in [6.45, 7) is 1.81. The second-order valence-corrected chi connectivity index (χ2v) is 6.10. The lowest BCUT2D eigenvalue weighted by atomic mass is 10.0. The highest BCUT2D eigenvalue weighted by molar-refractivity contribution is 8.02. The van der Waals surface area contributed by atoms with Crippen LogP contribution in [0.25, 0.3) is 5.76 Å². The Hall–Kier alpha value is -2.65. The first-order chi connectivity index (χ1) is 11.8. The van der Waals surface area contributed by atoms with Crippen molar-refractivity contribution in [3.05, 3.63) is 82.3 Å². The van der Waals surface area contributed by atoms with Crippen molar-refractivity contribution >= 4 is 17.5 Å². The summed E-state index contributed by atoms with van der Waals surface area (Å²) in [7, 11) is 0. The molecule has 0 amide bonds. The average molecular weight is 361 g/mol. The minimum Gasteiger partial charge on any atom is -0.506 e. The number of hydrogen-bond acceptors (Lipinski definition) is 3. The first-order valence-electron chi connectivity index (χ1n) is 7.22. The Morgan fingerprint density at radius 3 is 2.20 bits per heavy atom. The van der Waals surface area contributed by atoms with Gasteiger partial charge in [0.1, 0.15) is 17.4 Å². The van der Waals surface area contributed by atoms with E-state index in [-0.39, 0.29) is 5.56 Å². The third-order valence-electron chi connectivity index (χ3n) is 3.30. The summed E-state index contributed by atoms with van der Waals surface area (Å²) in [5, 5.41) is 20.3.